The average molecular weight is 325 g/mol. The summed E-state index contributed by atoms with van der Waals surface area (Å²) < 4.78 is 68.8. The first-order valence-electron chi connectivity index (χ1n) is 5.97. The van der Waals surface area contributed by atoms with Gasteiger partial charge < -0.3 is 4.74 Å². The lowest BCUT2D eigenvalue weighted by Crippen LogP contribution is -2.30. The summed E-state index contributed by atoms with van der Waals surface area (Å²) in [5.41, 5.74) is 0. The van der Waals surface area contributed by atoms with E-state index in [1.807, 2.05) is 0 Å². The van der Waals surface area contributed by atoms with Gasteiger partial charge in [0, 0.05) is 13.6 Å². The van der Waals surface area contributed by atoms with Crippen LogP contribution in [0.4, 0.5) is 13.2 Å². The van der Waals surface area contributed by atoms with Gasteiger partial charge in [-0.1, -0.05) is 0 Å². The van der Waals surface area contributed by atoms with E-state index in [0.29, 0.717) is 16.4 Å². The highest BCUT2D eigenvalue weighted by atomic mass is 32.2. The summed E-state index contributed by atoms with van der Waals surface area (Å²) in [5, 5.41) is 0. The van der Waals surface area contributed by atoms with E-state index in [-0.39, 0.29) is 19.6 Å². The number of benzene rings is 1. The van der Waals surface area contributed by atoms with Crippen molar-refractivity contribution in [2.24, 2.45) is 0 Å². The van der Waals surface area contributed by atoms with Crippen molar-refractivity contribution in [2.45, 2.75) is 18.2 Å². The van der Waals surface area contributed by atoms with Crippen molar-refractivity contribution < 1.29 is 31.1 Å². The molecule has 0 radical (unpaired) electrons. The minimum atomic E-state index is -4.38. The normalized spacial score (nSPS) is 11.7. The molecule has 1 aromatic carbocycles. The molecule has 0 aromatic heterocycles. The van der Waals surface area contributed by atoms with Crippen molar-refractivity contribution in [3.63, 3.8) is 0 Å². The Bertz CT molecular complexity index is 634. The summed E-state index contributed by atoms with van der Waals surface area (Å²) in [4.78, 5) is 10.2. The summed E-state index contributed by atoms with van der Waals surface area (Å²) >= 11 is 0. The Labute approximate surface area is 120 Å². The molecule has 0 aliphatic carbocycles. The van der Waals surface area contributed by atoms with Crippen molar-refractivity contribution in [1.82, 2.24) is 4.31 Å². The van der Waals surface area contributed by atoms with Crippen molar-refractivity contribution in [2.75, 3.05) is 20.2 Å². The number of carbonyl (C=O) groups excluding carboxylic acids is 1. The second-order valence-corrected chi connectivity index (χ2v) is 6.07. The Morgan fingerprint density at radius 3 is 2.43 bits per heavy atom. The second kappa shape index (κ2) is 6.90. The van der Waals surface area contributed by atoms with Gasteiger partial charge in [0.15, 0.2) is 17.5 Å². The third-order valence-corrected chi connectivity index (χ3v) is 4.50. The van der Waals surface area contributed by atoms with E-state index < -0.39 is 38.3 Å². The van der Waals surface area contributed by atoms with E-state index in [2.05, 4.69) is 4.74 Å². The summed E-state index contributed by atoms with van der Waals surface area (Å²) in [7, 11) is -3.28. The van der Waals surface area contributed by atoms with Crippen LogP contribution >= 0.6 is 0 Å². The zero-order chi connectivity index (χ0) is 16.2. The second-order valence-electron chi connectivity index (χ2n) is 4.06. The molecule has 0 saturated carbocycles. The van der Waals surface area contributed by atoms with Crippen molar-refractivity contribution >= 4 is 16.0 Å². The number of rotatable bonds is 6. The van der Waals surface area contributed by atoms with E-state index in [1.165, 1.54) is 0 Å². The van der Waals surface area contributed by atoms with Crippen molar-refractivity contribution in [1.29, 1.82) is 0 Å². The molecule has 21 heavy (non-hydrogen) atoms. The van der Waals surface area contributed by atoms with E-state index in [9.17, 15) is 26.4 Å². The van der Waals surface area contributed by atoms with Gasteiger partial charge in [0.1, 0.15) is 4.90 Å². The van der Waals surface area contributed by atoms with Crippen LogP contribution in [0, 0.1) is 17.5 Å². The predicted molar refractivity (Wildman–Crippen MR) is 67.4 cm³/mol. The molecule has 0 aliphatic rings. The molecule has 9 heteroatoms. The van der Waals surface area contributed by atoms with Crippen molar-refractivity contribution in [3.8, 4) is 0 Å². The molecular formula is C12H14F3NO4S. The van der Waals surface area contributed by atoms with Crippen LogP contribution in [-0.2, 0) is 19.6 Å². The number of nitrogens with zero attached hydrogens (tertiary/aromatic N) is 1. The van der Waals surface area contributed by atoms with Crippen LogP contribution in [0.25, 0.3) is 0 Å². The summed E-state index contributed by atoms with van der Waals surface area (Å²) in [5.74, 6) is -5.77. The van der Waals surface area contributed by atoms with Crippen LogP contribution in [0.2, 0.25) is 0 Å². The van der Waals surface area contributed by atoms with Crippen molar-refractivity contribution in [3.05, 3.63) is 29.6 Å². The molecule has 0 fully saturated rings. The quantitative estimate of drug-likeness (QED) is 0.590. The minimum Gasteiger partial charge on any atom is -0.466 e. The van der Waals surface area contributed by atoms with Gasteiger partial charge in [0.2, 0.25) is 10.0 Å². The van der Waals surface area contributed by atoms with Crippen LogP contribution in [0.1, 0.15) is 13.3 Å². The van der Waals surface area contributed by atoms with Crippen LogP contribution in [-0.4, -0.2) is 38.9 Å². The Morgan fingerprint density at radius 2 is 1.86 bits per heavy atom. The number of halogens is 3. The smallest absolute Gasteiger partial charge is 0.307 e. The van der Waals surface area contributed by atoms with Crippen LogP contribution in [0.3, 0.4) is 0 Å². The fourth-order valence-electron chi connectivity index (χ4n) is 1.48. The number of hydrogen-bond donors (Lipinski definition) is 0. The lowest BCUT2D eigenvalue weighted by atomic mass is 10.3. The van der Waals surface area contributed by atoms with Crippen LogP contribution in [0.15, 0.2) is 17.0 Å². The average Bonchev–Trinajstić information content (AvgIpc) is 2.42. The standard InChI is InChI=1S/C12H14F3NO4S/c1-3-20-10(17)6-7-16(2)21(18,19)9-5-4-8(13)11(14)12(9)15/h4-5H,3,6-7H2,1-2H3. The van der Waals surface area contributed by atoms with Gasteiger partial charge in [-0.3, -0.25) is 4.79 Å². The number of carbonyl (C=O) groups is 1. The molecule has 0 atom stereocenters. The molecule has 0 spiro atoms. The fourth-order valence-corrected chi connectivity index (χ4v) is 2.70. The summed E-state index contributed by atoms with van der Waals surface area (Å²) in [6.45, 7) is 1.46. The van der Waals surface area contributed by atoms with Gasteiger partial charge in [-0.25, -0.2) is 25.9 Å². The third kappa shape index (κ3) is 3.94. The SMILES string of the molecule is CCOC(=O)CCN(C)S(=O)(=O)c1ccc(F)c(F)c1F. The summed E-state index contributed by atoms with van der Waals surface area (Å²) in [6, 6.07) is 1.15. The van der Waals surface area contributed by atoms with E-state index in [1.54, 1.807) is 6.92 Å². The Balaban J connectivity index is 2.96. The molecule has 0 amide bonds. The maximum absolute atomic E-state index is 13.5. The van der Waals surface area contributed by atoms with Gasteiger partial charge in [-0.05, 0) is 19.1 Å². The Hall–Kier alpha value is -1.61. The number of hydrogen-bond acceptors (Lipinski definition) is 4. The lowest BCUT2D eigenvalue weighted by Gasteiger charge is -2.17. The molecule has 1 aromatic rings. The highest BCUT2D eigenvalue weighted by molar-refractivity contribution is 7.89. The Kier molecular flexibility index (Phi) is 5.73. The topological polar surface area (TPSA) is 63.7 Å². The van der Waals surface area contributed by atoms with E-state index >= 15 is 0 Å². The first-order chi connectivity index (χ1) is 9.71. The first kappa shape index (κ1) is 17.4. The monoisotopic (exact) mass is 325 g/mol. The third-order valence-electron chi connectivity index (χ3n) is 2.62. The zero-order valence-corrected chi connectivity index (χ0v) is 12.2. The maximum Gasteiger partial charge on any atom is 0.307 e. The van der Waals surface area contributed by atoms with Gasteiger partial charge >= 0.3 is 5.97 Å². The Morgan fingerprint density at radius 1 is 1.24 bits per heavy atom. The molecule has 0 saturated heterocycles. The highest BCUT2D eigenvalue weighted by Gasteiger charge is 2.28. The van der Waals surface area contributed by atoms with Gasteiger partial charge in [0.25, 0.3) is 0 Å². The zero-order valence-electron chi connectivity index (χ0n) is 11.4. The lowest BCUT2D eigenvalue weighted by molar-refractivity contribution is -0.143. The number of sulfonamides is 1. The largest absolute Gasteiger partial charge is 0.466 e. The minimum absolute atomic E-state index is 0.146. The first-order valence-corrected chi connectivity index (χ1v) is 7.41. The molecular weight excluding hydrogens is 311 g/mol. The van der Waals surface area contributed by atoms with Gasteiger partial charge in [0.05, 0.1) is 13.0 Å². The fraction of sp³-hybridized carbons (Fsp3) is 0.417. The molecule has 0 aliphatic heterocycles. The van der Waals surface area contributed by atoms with Crippen LogP contribution < -0.4 is 0 Å². The van der Waals surface area contributed by atoms with E-state index in [4.69, 9.17) is 0 Å². The molecule has 118 valence electrons. The van der Waals surface area contributed by atoms with E-state index in [0.717, 1.165) is 7.05 Å². The highest BCUT2D eigenvalue weighted by Crippen LogP contribution is 2.22. The maximum atomic E-state index is 13.5. The van der Waals surface area contributed by atoms with Crippen LogP contribution in [0.5, 0.6) is 0 Å². The molecule has 0 heterocycles. The number of esters is 1. The predicted octanol–water partition coefficient (Wildman–Crippen LogP) is 1.68. The molecule has 1 rings (SSSR count). The summed E-state index contributed by atoms with van der Waals surface area (Å²) in [6.07, 6.45) is -0.241. The van der Waals surface area contributed by atoms with Gasteiger partial charge in [-0.15, -0.1) is 0 Å². The molecule has 0 N–H and O–H groups in total. The molecule has 0 bridgehead atoms. The molecule has 0 unspecified atom stereocenters. The molecule has 5 nitrogen and oxygen atoms in total. The van der Waals surface area contributed by atoms with Gasteiger partial charge in [-0.2, -0.15) is 0 Å². The number of ether oxygens (including phenoxy) is 1.